The number of aromatic nitrogens is 2. The molecule has 0 atom stereocenters. The van der Waals surface area contributed by atoms with E-state index < -0.39 is 0 Å². The lowest BCUT2D eigenvalue weighted by atomic mass is 10.0. The fourth-order valence-corrected chi connectivity index (χ4v) is 3.92. The minimum absolute atomic E-state index is 0.00514. The molecule has 0 bridgehead atoms. The van der Waals surface area contributed by atoms with Crippen molar-refractivity contribution in [2.75, 3.05) is 31.1 Å². The summed E-state index contributed by atoms with van der Waals surface area (Å²) in [5.41, 5.74) is 4.23. The summed E-state index contributed by atoms with van der Waals surface area (Å²) < 4.78 is 0. The first kappa shape index (κ1) is 22.1. The van der Waals surface area contributed by atoms with Crippen molar-refractivity contribution in [3.63, 3.8) is 0 Å². The van der Waals surface area contributed by atoms with Crippen LogP contribution in [-0.4, -0.2) is 52.6 Å². The van der Waals surface area contributed by atoms with Gasteiger partial charge in [-0.3, -0.25) is 0 Å². The van der Waals surface area contributed by atoms with E-state index in [4.69, 9.17) is 9.97 Å². The first-order valence-corrected chi connectivity index (χ1v) is 10.8. The number of carbonyl (C=O) groups is 1. The van der Waals surface area contributed by atoms with Crippen LogP contribution in [0.3, 0.4) is 0 Å². The van der Waals surface area contributed by atoms with E-state index in [1.54, 1.807) is 0 Å². The Kier molecular flexibility index (Phi) is 6.34. The fraction of sp³-hybridized carbons (Fsp3) is 0.542. The SMILES string of the molecule is Cc1cccc(-c2nc(C)c(C(C)C)c(N3CCN(C(=O)NC(C)(C)C)CC3)n2)c1. The van der Waals surface area contributed by atoms with E-state index in [-0.39, 0.29) is 11.6 Å². The highest BCUT2D eigenvalue weighted by Gasteiger charge is 2.27. The standard InChI is InChI=1S/C24H35N5O/c1-16(2)20-18(4)25-21(19-10-8-9-17(3)15-19)26-22(20)28-11-13-29(14-12-28)23(30)27-24(5,6)7/h8-10,15-16H,11-14H2,1-7H3,(H,27,30). The normalized spacial score (nSPS) is 14.9. The Bertz CT molecular complexity index is 908. The van der Waals surface area contributed by atoms with Gasteiger partial charge in [0.25, 0.3) is 0 Å². The predicted octanol–water partition coefficient (Wildman–Crippen LogP) is 4.51. The maximum Gasteiger partial charge on any atom is 0.317 e. The molecular formula is C24H35N5O. The Labute approximate surface area is 180 Å². The number of hydrogen-bond donors (Lipinski definition) is 1. The largest absolute Gasteiger partial charge is 0.353 e. The van der Waals surface area contributed by atoms with Crippen LogP contribution >= 0.6 is 0 Å². The van der Waals surface area contributed by atoms with E-state index in [2.05, 4.69) is 56.1 Å². The van der Waals surface area contributed by atoms with Crippen molar-refractivity contribution in [1.82, 2.24) is 20.2 Å². The number of hydrogen-bond acceptors (Lipinski definition) is 4. The third-order valence-corrected chi connectivity index (χ3v) is 5.32. The number of piperazine rings is 1. The van der Waals surface area contributed by atoms with E-state index in [0.717, 1.165) is 36.0 Å². The first-order valence-electron chi connectivity index (χ1n) is 10.8. The summed E-state index contributed by atoms with van der Waals surface area (Å²) in [7, 11) is 0. The maximum absolute atomic E-state index is 12.5. The highest BCUT2D eigenvalue weighted by Crippen LogP contribution is 2.31. The van der Waals surface area contributed by atoms with Crippen LogP contribution in [0.25, 0.3) is 11.4 Å². The molecule has 2 heterocycles. The van der Waals surface area contributed by atoms with Gasteiger partial charge in [-0.2, -0.15) is 0 Å². The first-order chi connectivity index (χ1) is 14.0. The molecule has 1 fully saturated rings. The number of carbonyl (C=O) groups excluding carboxylic acids is 1. The zero-order chi connectivity index (χ0) is 22.1. The van der Waals surface area contributed by atoms with Crippen LogP contribution < -0.4 is 10.2 Å². The van der Waals surface area contributed by atoms with E-state index in [1.165, 1.54) is 11.1 Å². The van der Waals surface area contributed by atoms with E-state index in [9.17, 15) is 4.79 Å². The maximum atomic E-state index is 12.5. The number of urea groups is 1. The number of anilines is 1. The molecule has 1 saturated heterocycles. The van der Waals surface area contributed by atoms with E-state index in [0.29, 0.717) is 19.0 Å². The van der Waals surface area contributed by atoms with Gasteiger partial charge in [0, 0.05) is 48.5 Å². The summed E-state index contributed by atoms with van der Waals surface area (Å²) in [5, 5.41) is 3.06. The van der Waals surface area contributed by atoms with Gasteiger partial charge in [-0.15, -0.1) is 0 Å². The second-order valence-electron chi connectivity index (χ2n) is 9.55. The number of nitrogens with one attached hydrogen (secondary N) is 1. The number of rotatable bonds is 3. The van der Waals surface area contributed by atoms with Crippen LogP contribution in [0.15, 0.2) is 24.3 Å². The Morgan fingerprint density at radius 3 is 2.30 bits per heavy atom. The summed E-state index contributed by atoms with van der Waals surface area (Å²) in [6.45, 7) is 17.5. The molecule has 0 unspecified atom stereocenters. The monoisotopic (exact) mass is 409 g/mol. The Balaban J connectivity index is 1.87. The van der Waals surface area contributed by atoms with Gasteiger partial charge in [0.15, 0.2) is 5.82 Å². The zero-order valence-corrected chi connectivity index (χ0v) is 19.4. The summed E-state index contributed by atoms with van der Waals surface area (Å²) in [5.74, 6) is 2.10. The number of nitrogens with zero attached hydrogens (tertiary/aromatic N) is 4. The van der Waals surface area contributed by atoms with Crippen LogP contribution in [0.1, 0.15) is 57.4 Å². The average molecular weight is 410 g/mol. The van der Waals surface area contributed by atoms with Crippen molar-refractivity contribution in [3.8, 4) is 11.4 Å². The lowest BCUT2D eigenvalue weighted by Gasteiger charge is -2.38. The minimum atomic E-state index is -0.231. The van der Waals surface area contributed by atoms with Gasteiger partial charge in [-0.1, -0.05) is 37.6 Å². The lowest BCUT2D eigenvalue weighted by molar-refractivity contribution is 0.185. The van der Waals surface area contributed by atoms with Gasteiger partial charge < -0.3 is 15.1 Å². The van der Waals surface area contributed by atoms with Crippen LogP contribution in [0.5, 0.6) is 0 Å². The number of benzene rings is 1. The minimum Gasteiger partial charge on any atom is -0.353 e. The topological polar surface area (TPSA) is 61.4 Å². The summed E-state index contributed by atoms with van der Waals surface area (Å²) in [6, 6.07) is 8.33. The molecule has 0 spiro atoms. The third-order valence-electron chi connectivity index (χ3n) is 5.32. The molecule has 0 radical (unpaired) electrons. The summed E-state index contributed by atoms with van der Waals surface area (Å²) in [6.07, 6.45) is 0. The van der Waals surface area contributed by atoms with E-state index in [1.807, 2.05) is 31.7 Å². The molecule has 1 N–H and O–H groups in total. The van der Waals surface area contributed by atoms with Gasteiger partial charge in [0.1, 0.15) is 5.82 Å². The van der Waals surface area contributed by atoms with Crippen LogP contribution in [0.2, 0.25) is 0 Å². The van der Waals surface area contributed by atoms with Crippen molar-refractivity contribution in [2.45, 2.75) is 59.9 Å². The van der Waals surface area contributed by atoms with Crippen molar-refractivity contribution in [3.05, 3.63) is 41.1 Å². The molecule has 3 rings (SSSR count). The van der Waals surface area contributed by atoms with Gasteiger partial charge in [-0.05, 0) is 46.6 Å². The molecule has 1 aliphatic heterocycles. The van der Waals surface area contributed by atoms with Crippen LogP contribution in [0, 0.1) is 13.8 Å². The zero-order valence-electron chi connectivity index (χ0n) is 19.4. The van der Waals surface area contributed by atoms with Gasteiger partial charge in [-0.25, -0.2) is 14.8 Å². The predicted molar refractivity (Wildman–Crippen MR) is 123 cm³/mol. The van der Waals surface area contributed by atoms with Crippen molar-refractivity contribution in [1.29, 1.82) is 0 Å². The molecule has 30 heavy (non-hydrogen) atoms. The van der Waals surface area contributed by atoms with Crippen molar-refractivity contribution < 1.29 is 4.79 Å². The molecule has 6 nitrogen and oxygen atoms in total. The number of amides is 2. The Hall–Kier alpha value is -2.63. The molecule has 1 aliphatic rings. The van der Waals surface area contributed by atoms with Gasteiger partial charge in [0.2, 0.25) is 0 Å². The Morgan fingerprint density at radius 1 is 1.07 bits per heavy atom. The lowest BCUT2D eigenvalue weighted by Crippen LogP contribution is -2.55. The molecule has 0 saturated carbocycles. The second kappa shape index (κ2) is 8.62. The second-order valence-corrected chi connectivity index (χ2v) is 9.55. The Morgan fingerprint density at radius 2 is 1.73 bits per heavy atom. The molecule has 2 amide bonds. The highest BCUT2D eigenvalue weighted by molar-refractivity contribution is 5.75. The quantitative estimate of drug-likeness (QED) is 0.810. The average Bonchev–Trinajstić information content (AvgIpc) is 2.66. The number of aryl methyl sites for hydroxylation is 2. The molecule has 1 aromatic heterocycles. The van der Waals surface area contributed by atoms with Crippen LogP contribution in [0.4, 0.5) is 10.6 Å². The molecule has 0 aliphatic carbocycles. The third kappa shape index (κ3) is 5.10. The summed E-state index contributed by atoms with van der Waals surface area (Å²) in [4.78, 5) is 26.6. The molecule has 1 aromatic carbocycles. The van der Waals surface area contributed by atoms with E-state index >= 15 is 0 Å². The van der Waals surface area contributed by atoms with Gasteiger partial charge in [0.05, 0.1) is 0 Å². The van der Waals surface area contributed by atoms with Gasteiger partial charge >= 0.3 is 6.03 Å². The van der Waals surface area contributed by atoms with Crippen molar-refractivity contribution >= 4 is 11.8 Å². The smallest absolute Gasteiger partial charge is 0.317 e. The molecular weight excluding hydrogens is 374 g/mol. The highest BCUT2D eigenvalue weighted by atomic mass is 16.2. The molecule has 162 valence electrons. The fourth-order valence-electron chi connectivity index (χ4n) is 3.92. The molecule has 6 heteroatoms. The van der Waals surface area contributed by atoms with Crippen molar-refractivity contribution in [2.24, 2.45) is 0 Å². The van der Waals surface area contributed by atoms with Crippen LogP contribution in [-0.2, 0) is 0 Å². The summed E-state index contributed by atoms with van der Waals surface area (Å²) >= 11 is 0. The molecule has 2 aromatic rings.